The number of imide groups is 1. The molecule has 0 aromatic carbocycles. The van der Waals surface area contributed by atoms with Crippen molar-refractivity contribution in [2.45, 2.75) is 31.7 Å². The summed E-state index contributed by atoms with van der Waals surface area (Å²) in [6.07, 6.45) is 7.56. The Bertz CT molecular complexity index is 1110. The van der Waals surface area contributed by atoms with Crippen LogP contribution in [0, 0.1) is 5.82 Å². The number of pyridine rings is 2. The third kappa shape index (κ3) is 3.56. The summed E-state index contributed by atoms with van der Waals surface area (Å²) in [7, 11) is 0. The second kappa shape index (κ2) is 7.57. The molecule has 2 aromatic heterocycles. The van der Waals surface area contributed by atoms with Gasteiger partial charge in [0, 0.05) is 47.9 Å². The van der Waals surface area contributed by atoms with E-state index < -0.39 is 11.7 Å². The Morgan fingerprint density at radius 2 is 2.03 bits per heavy atom. The lowest BCUT2D eigenvalue weighted by Gasteiger charge is -2.28. The number of hydrogen-bond donors (Lipinski definition) is 1. The van der Waals surface area contributed by atoms with Crippen molar-refractivity contribution in [3.05, 3.63) is 53.9 Å². The third-order valence-corrected chi connectivity index (χ3v) is 5.70. The summed E-state index contributed by atoms with van der Waals surface area (Å²) in [5.74, 6) is -1.90. The van der Waals surface area contributed by atoms with Crippen LogP contribution in [-0.4, -0.2) is 56.6 Å². The SMILES string of the molecule is O=C(CN1CCCC2=C1C(=O)N(C1CC1)C2=O)Nc1ncc(-c2cccnc2)cc1F. The van der Waals surface area contributed by atoms with E-state index in [9.17, 15) is 18.8 Å². The maximum Gasteiger partial charge on any atom is 0.277 e. The predicted octanol–water partition coefficient (Wildman–Crippen LogP) is 2.10. The number of carbonyl (C=O) groups excluding carboxylic acids is 3. The fourth-order valence-electron chi connectivity index (χ4n) is 4.08. The van der Waals surface area contributed by atoms with Gasteiger partial charge >= 0.3 is 0 Å². The highest BCUT2D eigenvalue weighted by atomic mass is 19.1. The van der Waals surface area contributed by atoms with Crippen molar-refractivity contribution in [3.63, 3.8) is 0 Å². The van der Waals surface area contributed by atoms with E-state index in [1.54, 1.807) is 29.4 Å². The Morgan fingerprint density at radius 3 is 2.74 bits per heavy atom. The van der Waals surface area contributed by atoms with Gasteiger partial charge in [0.25, 0.3) is 11.8 Å². The molecular weight excluding hydrogens is 401 g/mol. The zero-order valence-corrected chi connectivity index (χ0v) is 16.7. The molecule has 0 unspecified atom stereocenters. The lowest BCUT2D eigenvalue weighted by Crippen LogP contribution is -2.40. The molecule has 4 heterocycles. The van der Waals surface area contributed by atoms with Crippen LogP contribution in [-0.2, 0) is 14.4 Å². The molecule has 9 heteroatoms. The molecule has 1 N–H and O–H groups in total. The van der Waals surface area contributed by atoms with Crippen LogP contribution in [0.4, 0.5) is 10.2 Å². The Morgan fingerprint density at radius 1 is 1.19 bits per heavy atom. The summed E-state index contributed by atoms with van der Waals surface area (Å²) in [5.41, 5.74) is 2.06. The molecule has 1 aliphatic carbocycles. The zero-order chi connectivity index (χ0) is 21.5. The van der Waals surface area contributed by atoms with Gasteiger partial charge in [0.2, 0.25) is 5.91 Å². The summed E-state index contributed by atoms with van der Waals surface area (Å²) < 4.78 is 14.5. The Kier molecular flexibility index (Phi) is 4.72. The fraction of sp³-hybridized carbons (Fsp3) is 0.318. The third-order valence-electron chi connectivity index (χ3n) is 5.70. The molecular formula is C22H20FN5O3. The van der Waals surface area contributed by atoms with Crippen molar-refractivity contribution in [2.75, 3.05) is 18.4 Å². The number of rotatable bonds is 5. The summed E-state index contributed by atoms with van der Waals surface area (Å²) in [6.45, 7) is 0.335. The Labute approximate surface area is 177 Å². The first-order chi connectivity index (χ1) is 15.0. The average Bonchev–Trinajstić information content (AvgIpc) is 3.56. The first kappa shape index (κ1) is 19.3. The van der Waals surface area contributed by atoms with Crippen molar-refractivity contribution in [2.24, 2.45) is 0 Å². The van der Waals surface area contributed by atoms with Gasteiger partial charge < -0.3 is 10.2 Å². The molecule has 8 nitrogen and oxygen atoms in total. The van der Waals surface area contributed by atoms with Crippen molar-refractivity contribution in [1.29, 1.82) is 0 Å². The Hall–Kier alpha value is -3.62. The molecule has 0 bridgehead atoms. The van der Waals surface area contributed by atoms with Gasteiger partial charge in [-0.2, -0.15) is 0 Å². The van der Waals surface area contributed by atoms with E-state index >= 15 is 0 Å². The normalized spacial score (nSPS) is 18.5. The van der Waals surface area contributed by atoms with Crippen LogP contribution in [0.15, 0.2) is 48.1 Å². The van der Waals surface area contributed by atoms with Gasteiger partial charge in [0.15, 0.2) is 11.6 Å². The zero-order valence-electron chi connectivity index (χ0n) is 16.7. The van der Waals surface area contributed by atoms with E-state index in [4.69, 9.17) is 0 Å². The lowest BCUT2D eigenvalue weighted by atomic mass is 10.0. The van der Waals surface area contributed by atoms with E-state index in [0.29, 0.717) is 41.8 Å². The van der Waals surface area contributed by atoms with Gasteiger partial charge in [-0.25, -0.2) is 9.37 Å². The maximum absolute atomic E-state index is 14.5. The van der Waals surface area contributed by atoms with Crippen molar-refractivity contribution < 1.29 is 18.8 Å². The molecule has 31 heavy (non-hydrogen) atoms. The van der Waals surface area contributed by atoms with E-state index in [0.717, 1.165) is 12.8 Å². The standard InChI is InChI=1S/C22H20FN5O3/c23-17-9-14(13-3-1-7-24-10-13)11-25-20(17)26-18(29)12-27-8-2-4-16-19(27)22(31)28(21(16)30)15-5-6-15/h1,3,7,9-11,15H,2,4-6,8,12H2,(H,25,26,29). The van der Waals surface area contributed by atoms with Crippen molar-refractivity contribution in [1.82, 2.24) is 19.8 Å². The lowest BCUT2D eigenvalue weighted by molar-refractivity contribution is -0.138. The van der Waals surface area contributed by atoms with Crippen LogP contribution in [0.1, 0.15) is 25.7 Å². The average molecular weight is 421 g/mol. The van der Waals surface area contributed by atoms with E-state index in [1.165, 1.54) is 17.2 Å². The number of halogens is 1. The highest BCUT2D eigenvalue weighted by Crippen LogP contribution is 2.38. The van der Waals surface area contributed by atoms with Gasteiger partial charge in [0.05, 0.1) is 6.54 Å². The second-order valence-electron chi connectivity index (χ2n) is 7.91. The molecule has 0 spiro atoms. The van der Waals surface area contributed by atoms with E-state index in [2.05, 4.69) is 15.3 Å². The number of anilines is 1. The van der Waals surface area contributed by atoms with Gasteiger partial charge in [-0.1, -0.05) is 6.07 Å². The first-order valence-electron chi connectivity index (χ1n) is 10.2. The molecule has 1 fully saturated rings. The van der Waals surface area contributed by atoms with Gasteiger partial charge in [-0.3, -0.25) is 24.3 Å². The van der Waals surface area contributed by atoms with Crippen LogP contribution < -0.4 is 5.32 Å². The number of carbonyl (C=O) groups is 3. The molecule has 3 amide bonds. The topological polar surface area (TPSA) is 95.5 Å². The highest BCUT2D eigenvalue weighted by Gasteiger charge is 2.48. The molecule has 0 saturated heterocycles. The summed E-state index contributed by atoms with van der Waals surface area (Å²) in [4.78, 5) is 49.0. The van der Waals surface area contributed by atoms with Gasteiger partial charge in [-0.15, -0.1) is 0 Å². The first-order valence-corrected chi connectivity index (χ1v) is 10.2. The maximum atomic E-state index is 14.5. The number of aromatic nitrogens is 2. The summed E-state index contributed by atoms with van der Waals surface area (Å²) >= 11 is 0. The van der Waals surface area contributed by atoms with Crippen LogP contribution in [0.5, 0.6) is 0 Å². The smallest absolute Gasteiger partial charge is 0.277 e. The molecule has 0 radical (unpaired) electrons. The quantitative estimate of drug-likeness (QED) is 0.743. The molecule has 158 valence electrons. The summed E-state index contributed by atoms with van der Waals surface area (Å²) in [5, 5.41) is 2.47. The van der Waals surface area contributed by atoms with E-state index in [1.807, 2.05) is 0 Å². The fourth-order valence-corrected chi connectivity index (χ4v) is 4.08. The van der Waals surface area contributed by atoms with Crippen molar-refractivity contribution >= 4 is 23.5 Å². The monoisotopic (exact) mass is 421 g/mol. The van der Waals surface area contributed by atoms with Crippen LogP contribution in [0.25, 0.3) is 11.1 Å². The predicted molar refractivity (Wildman–Crippen MR) is 109 cm³/mol. The molecule has 1 saturated carbocycles. The minimum absolute atomic E-state index is 0.0158. The molecule has 2 aromatic rings. The number of nitrogens with zero attached hydrogens (tertiary/aromatic N) is 4. The molecule has 5 rings (SSSR count). The largest absolute Gasteiger partial charge is 0.357 e. The number of hydrogen-bond acceptors (Lipinski definition) is 6. The number of nitrogens with one attached hydrogen (secondary N) is 1. The van der Waals surface area contributed by atoms with Crippen molar-refractivity contribution in [3.8, 4) is 11.1 Å². The Balaban J connectivity index is 1.29. The van der Waals surface area contributed by atoms with Crippen LogP contribution >= 0.6 is 0 Å². The number of amides is 3. The van der Waals surface area contributed by atoms with Crippen LogP contribution in [0.2, 0.25) is 0 Å². The highest BCUT2D eigenvalue weighted by molar-refractivity contribution is 6.19. The second-order valence-corrected chi connectivity index (χ2v) is 7.91. The van der Waals surface area contributed by atoms with Crippen LogP contribution in [0.3, 0.4) is 0 Å². The van der Waals surface area contributed by atoms with E-state index in [-0.39, 0.29) is 30.2 Å². The molecule has 2 aliphatic heterocycles. The summed E-state index contributed by atoms with van der Waals surface area (Å²) in [6, 6.07) is 4.80. The molecule has 3 aliphatic rings. The van der Waals surface area contributed by atoms with Gasteiger partial charge in [0.1, 0.15) is 5.70 Å². The van der Waals surface area contributed by atoms with Gasteiger partial charge in [-0.05, 0) is 37.8 Å². The minimum Gasteiger partial charge on any atom is -0.357 e. The minimum atomic E-state index is -0.666. The molecule has 0 atom stereocenters.